The predicted molar refractivity (Wildman–Crippen MR) is 294 cm³/mol. The van der Waals surface area contributed by atoms with E-state index in [1.165, 1.54) is 101 Å². The first-order valence-corrected chi connectivity index (χ1v) is 25.2. The molecule has 0 spiro atoms. The molecule has 11 rings (SSSR count). The predicted octanol–water partition coefficient (Wildman–Crippen LogP) is 15.6. The van der Waals surface area contributed by atoms with Crippen LogP contribution in [0.4, 0.5) is 45.5 Å². The molecule has 1 saturated carbocycles. The number of benzene rings is 7. The van der Waals surface area contributed by atoms with Crippen LogP contribution in [0.2, 0.25) is 0 Å². The van der Waals surface area contributed by atoms with Crippen LogP contribution < -0.4 is 31.1 Å². The highest BCUT2D eigenvalue weighted by Crippen LogP contribution is 2.67. The number of hydrogen-bond donors (Lipinski definition) is 0. The van der Waals surface area contributed by atoms with Crippen molar-refractivity contribution in [3.8, 4) is 11.1 Å². The van der Waals surface area contributed by atoms with E-state index in [1.54, 1.807) is 0 Å². The van der Waals surface area contributed by atoms with Crippen molar-refractivity contribution < 1.29 is 0 Å². The topological polar surface area (TPSA) is 9.72 Å². The summed E-state index contributed by atoms with van der Waals surface area (Å²) in [6.07, 6.45) is 2.27. The van der Waals surface area contributed by atoms with E-state index in [1.807, 2.05) is 0 Å². The molecule has 3 nitrogen and oxygen atoms in total. The van der Waals surface area contributed by atoms with Gasteiger partial charge in [-0.15, -0.1) is 0 Å². The van der Waals surface area contributed by atoms with Gasteiger partial charge in [0, 0.05) is 50.8 Å². The third-order valence-corrected chi connectivity index (χ3v) is 16.6. The number of para-hydroxylation sites is 1. The van der Waals surface area contributed by atoms with Crippen molar-refractivity contribution in [3.63, 3.8) is 0 Å². The highest BCUT2D eigenvalue weighted by Gasteiger charge is 2.64. The van der Waals surface area contributed by atoms with Crippen LogP contribution in [-0.4, -0.2) is 12.3 Å². The van der Waals surface area contributed by atoms with E-state index in [4.69, 9.17) is 0 Å². The summed E-state index contributed by atoms with van der Waals surface area (Å²) in [6, 6.07) is 56.7. The Bertz CT molecular complexity index is 3160. The smallest absolute Gasteiger partial charge is 0.252 e. The second-order valence-corrected chi connectivity index (χ2v) is 25.2. The molecule has 1 fully saturated rings. The largest absolute Gasteiger partial charge is 0.334 e. The zero-order chi connectivity index (χ0) is 48.1. The molecular weight excluding hydrogens is 822 g/mol. The Labute approximate surface area is 408 Å². The molecule has 7 aromatic carbocycles. The number of aryl methyl sites for hydroxylation is 1. The summed E-state index contributed by atoms with van der Waals surface area (Å²) in [5.74, 6) is 0. The Morgan fingerprint density at radius 2 is 1.01 bits per heavy atom. The zero-order valence-corrected chi connectivity index (χ0v) is 43.2. The van der Waals surface area contributed by atoms with Crippen LogP contribution in [0.15, 0.2) is 146 Å². The van der Waals surface area contributed by atoms with Crippen molar-refractivity contribution >= 4 is 68.6 Å². The van der Waals surface area contributed by atoms with Gasteiger partial charge >= 0.3 is 0 Å². The summed E-state index contributed by atoms with van der Waals surface area (Å²) in [7, 11) is 0. The second kappa shape index (κ2) is 14.8. The average molecular weight is 892 g/mol. The van der Waals surface area contributed by atoms with Gasteiger partial charge in [0.15, 0.2) is 0 Å². The monoisotopic (exact) mass is 892 g/mol. The minimum absolute atomic E-state index is 0.00239. The van der Waals surface area contributed by atoms with Crippen LogP contribution in [-0.2, 0) is 21.7 Å². The van der Waals surface area contributed by atoms with Crippen LogP contribution >= 0.6 is 0 Å². The molecule has 0 bridgehead atoms. The van der Waals surface area contributed by atoms with Crippen molar-refractivity contribution in [1.82, 2.24) is 0 Å². The van der Waals surface area contributed by atoms with Gasteiger partial charge in [0.25, 0.3) is 6.71 Å². The lowest BCUT2D eigenvalue weighted by Gasteiger charge is -2.46. The summed E-state index contributed by atoms with van der Waals surface area (Å²) in [4.78, 5) is 7.97. The quantitative estimate of drug-likeness (QED) is 0.163. The van der Waals surface area contributed by atoms with Crippen LogP contribution in [0, 0.1) is 12.3 Å². The standard InChI is InChI=1S/C64H70BN3/c1-41-34-56-58-57(35-41)67(52-32-26-44(60(5,6)7)36-48(52)42-20-16-15-17-21-42)54-23-19-18-22-50(54)65(58)51-31-30-47(38-55(51)66(56)46-28-24-43(25-29-46)59(2,3)4)68-53-33-27-45(61(8,9)10)37-49(53)63(13)39-62(11,12)40-64(63,68)14/h15-38H,39-40H2,1-14H3. The molecule has 2 atom stereocenters. The highest BCUT2D eigenvalue weighted by atomic mass is 15.3. The number of fused-ring (bicyclic) bond motifs is 7. The second-order valence-electron chi connectivity index (χ2n) is 25.2. The van der Waals surface area contributed by atoms with Crippen LogP contribution in [0.25, 0.3) is 11.1 Å². The lowest BCUT2D eigenvalue weighted by molar-refractivity contribution is 0.330. The van der Waals surface area contributed by atoms with E-state index in [0.717, 1.165) is 12.8 Å². The Hall–Kier alpha value is -6.00. The average Bonchev–Trinajstić information content (AvgIpc) is 3.58. The van der Waals surface area contributed by atoms with Gasteiger partial charge in [0.1, 0.15) is 0 Å². The van der Waals surface area contributed by atoms with Gasteiger partial charge in [0.2, 0.25) is 0 Å². The van der Waals surface area contributed by atoms with Crippen LogP contribution in [0.5, 0.6) is 0 Å². The molecule has 0 radical (unpaired) electrons. The lowest BCUT2D eigenvalue weighted by Crippen LogP contribution is -2.61. The molecule has 0 N–H and O–H groups in total. The minimum atomic E-state index is -0.115. The third kappa shape index (κ3) is 6.67. The van der Waals surface area contributed by atoms with Gasteiger partial charge in [-0.05, 0) is 159 Å². The van der Waals surface area contributed by atoms with E-state index in [2.05, 4.69) is 257 Å². The molecule has 4 aliphatic rings. The molecule has 2 unspecified atom stereocenters. The molecule has 68 heavy (non-hydrogen) atoms. The Kier molecular flexibility index (Phi) is 9.66. The van der Waals surface area contributed by atoms with Crippen LogP contribution in [0.1, 0.15) is 131 Å². The molecule has 3 heterocycles. The summed E-state index contributed by atoms with van der Waals surface area (Å²) < 4.78 is 0. The van der Waals surface area contributed by atoms with E-state index in [9.17, 15) is 0 Å². The third-order valence-electron chi connectivity index (χ3n) is 16.6. The van der Waals surface area contributed by atoms with Gasteiger partial charge in [-0.2, -0.15) is 0 Å². The summed E-state index contributed by atoms with van der Waals surface area (Å²) in [5.41, 5.74) is 23.5. The number of anilines is 8. The van der Waals surface area contributed by atoms with Gasteiger partial charge in [-0.25, -0.2) is 0 Å². The van der Waals surface area contributed by atoms with Gasteiger partial charge in [-0.1, -0.05) is 168 Å². The maximum absolute atomic E-state index is 2.77. The van der Waals surface area contributed by atoms with E-state index < -0.39 is 0 Å². The van der Waals surface area contributed by atoms with Crippen molar-refractivity contribution in [2.24, 2.45) is 5.41 Å². The van der Waals surface area contributed by atoms with Crippen molar-refractivity contribution in [2.75, 3.05) is 14.7 Å². The first-order chi connectivity index (χ1) is 32.0. The summed E-state index contributed by atoms with van der Waals surface area (Å²) >= 11 is 0. The fraction of sp³-hybridized carbons (Fsp3) is 0.344. The Balaban J connectivity index is 1.17. The van der Waals surface area contributed by atoms with Gasteiger partial charge in [0.05, 0.1) is 11.2 Å². The minimum Gasteiger partial charge on any atom is -0.334 e. The molecule has 0 amide bonds. The van der Waals surface area contributed by atoms with Crippen molar-refractivity contribution in [1.29, 1.82) is 0 Å². The maximum atomic E-state index is 2.77. The van der Waals surface area contributed by atoms with E-state index in [0.29, 0.717) is 0 Å². The molecule has 7 aromatic rings. The molecule has 1 aliphatic carbocycles. The molecule has 0 aromatic heterocycles. The van der Waals surface area contributed by atoms with Crippen molar-refractivity contribution in [2.45, 2.75) is 137 Å². The maximum Gasteiger partial charge on any atom is 0.252 e. The number of nitrogens with zero attached hydrogens (tertiary/aromatic N) is 3. The number of rotatable bonds is 4. The fourth-order valence-electron chi connectivity index (χ4n) is 13.3. The fourth-order valence-corrected chi connectivity index (χ4v) is 13.3. The molecule has 344 valence electrons. The summed E-state index contributed by atoms with van der Waals surface area (Å²) in [5, 5.41) is 0. The highest BCUT2D eigenvalue weighted by molar-refractivity contribution is 7.00. The molecule has 3 aliphatic heterocycles. The molecule has 0 saturated heterocycles. The summed E-state index contributed by atoms with van der Waals surface area (Å²) in [6.45, 7) is 33.4. The SMILES string of the molecule is Cc1cc2c3c(c1)N(c1ccc(C(C)(C)C)cc1-c1ccccc1)c1ccccc1B3c1ccc(N3c4ccc(C(C)(C)C)cc4C4(C)CC(C)(C)CC34C)cc1N2c1ccc(C(C)(C)C)cc1. The normalized spacial score (nSPS) is 20.2. The first kappa shape index (κ1) is 44.5. The molecule has 4 heteroatoms. The Morgan fingerprint density at radius 3 is 1.68 bits per heavy atom. The van der Waals surface area contributed by atoms with Gasteiger partial charge < -0.3 is 14.7 Å². The van der Waals surface area contributed by atoms with E-state index in [-0.39, 0.29) is 39.3 Å². The van der Waals surface area contributed by atoms with Crippen LogP contribution in [0.3, 0.4) is 0 Å². The van der Waals surface area contributed by atoms with Gasteiger partial charge in [-0.3, -0.25) is 0 Å². The van der Waals surface area contributed by atoms with E-state index >= 15 is 0 Å². The van der Waals surface area contributed by atoms with Crippen molar-refractivity contribution in [3.05, 3.63) is 173 Å². The first-order valence-electron chi connectivity index (χ1n) is 25.2. The lowest BCUT2D eigenvalue weighted by atomic mass is 9.33. The Morgan fingerprint density at radius 1 is 0.456 bits per heavy atom. The number of hydrogen-bond acceptors (Lipinski definition) is 3. The molecular formula is C64H70BN3. The zero-order valence-electron chi connectivity index (χ0n) is 43.2.